The smallest absolute Gasteiger partial charge is 0.295 e. The Morgan fingerprint density at radius 3 is 2.19 bits per heavy atom. The third-order valence-electron chi connectivity index (χ3n) is 5.61. The fourth-order valence-electron chi connectivity index (χ4n) is 3.73. The molecule has 5 nitrogen and oxygen atoms in total. The molecule has 2 aromatic carbocycles. The molecule has 1 aliphatic rings. The van der Waals surface area contributed by atoms with Crippen molar-refractivity contribution >= 4 is 40.7 Å². The second-order valence-corrected chi connectivity index (χ2v) is 10.1. The summed E-state index contributed by atoms with van der Waals surface area (Å²) < 4.78 is 0. The number of carbonyl (C=O) groups is 2. The van der Waals surface area contributed by atoms with Gasteiger partial charge in [-0.1, -0.05) is 68.2 Å². The normalized spacial score (nSPS) is 18.6. The Kier molecular flexibility index (Phi) is 7.03. The van der Waals surface area contributed by atoms with Crippen LogP contribution in [0.3, 0.4) is 0 Å². The molecule has 2 aromatic rings. The van der Waals surface area contributed by atoms with Gasteiger partial charge in [0.2, 0.25) is 0 Å². The zero-order valence-corrected chi connectivity index (χ0v) is 20.5. The number of likely N-dealkylation sites (N-methyl/N-ethyl adjacent to an activating group) is 1. The van der Waals surface area contributed by atoms with E-state index < -0.39 is 17.7 Å². The number of benzene rings is 2. The van der Waals surface area contributed by atoms with Crippen LogP contribution in [-0.4, -0.2) is 53.8 Å². The maximum absolute atomic E-state index is 13.1. The van der Waals surface area contributed by atoms with Crippen molar-refractivity contribution < 1.29 is 14.7 Å². The summed E-state index contributed by atoms with van der Waals surface area (Å²) in [4.78, 5) is 29.5. The van der Waals surface area contributed by atoms with Crippen LogP contribution in [0.1, 0.15) is 43.5 Å². The Bertz CT molecular complexity index is 1070. The van der Waals surface area contributed by atoms with Crippen molar-refractivity contribution in [2.75, 3.05) is 27.2 Å². The van der Waals surface area contributed by atoms with Crippen molar-refractivity contribution in [3.8, 4) is 0 Å². The van der Waals surface area contributed by atoms with E-state index >= 15 is 0 Å². The third kappa shape index (κ3) is 4.85. The largest absolute Gasteiger partial charge is 0.507 e. The summed E-state index contributed by atoms with van der Waals surface area (Å²) in [6.45, 7) is 7.29. The molecule has 1 atom stereocenters. The molecular weight excluding hydrogens is 447 g/mol. The van der Waals surface area contributed by atoms with Crippen LogP contribution in [0, 0.1) is 0 Å². The number of hydrogen-bond acceptors (Lipinski definition) is 4. The highest BCUT2D eigenvalue weighted by Crippen LogP contribution is 2.40. The van der Waals surface area contributed by atoms with Gasteiger partial charge in [-0.3, -0.25) is 9.59 Å². The van der Waals surface area contributed by atoms with Crippen molar-refractivity contribution in [2.45, 2.75) is 32.2 Å². The van der Waals surface area contributed by atoms with Crippen LogP contribution in [-0.2, 0) is 15.0 Å². The van der Waals surface area contributed by atoms with E-state index in [-0.39, 0.29) is 21.8 Å². The fourth-order valence-corrected chi connectivity index (χ4v) is 4.03. The lowest BCUT2D eigenvalue weighted by molar-refractivity contribution is -0.140. The molecule has 1 fully saturated rings. The van der Waals surface area contributed by atoms with Crippen LogP contribution in [0.2, 0.25) is 10.0 Å². The van der Waals surface area contributed by atoms with Crippen LogP contribution in [0.4, 0.5) is 0 Å². The number of hydrogen-bond donors (Lipinski definition) is 1. The summed E-state index contributed by atoms with van der Waals surface area (Å²) >= 11 is 12.1. The van der Waals surface area contributed by atoms with Gasteiger partial charge < -0.3 is 14.9 Å². The van der Waals surface area contributed by atoms with Crippen LogP contribution < -0.4 is 0 Å². The average Bonchev–Trinajstić information content (AvgIpc) is 2.97. The minimum Gasteiger partial charge on any atom is -0.507 e. The van der Waals surface area contributed by atoms with Gasteiger partial charge in [0, 0.05) is 18.7 Å². The first-order valence-electron chi connectivity index (χ1n) is 10.4. The topological polar surface area (TPSA) is 60.9 Å². The minimum absolute atomic E-state index is 0.0364. The molecular formula is C25H28Cl2N2O3. The molecule has 3 rings (SSSR count). The van der Waals surface area contributed by atoms with Crippen LogP contribution in [0.25, 0.3) is 5.76 Å². The molecule has 0 bridgehead atoms. The SMILES string of the molecule is CN(C)CCN1C(=O)C(=O)/C(=C(\O)c2ccc(Cl)c(Cl)c2)C1c1ccc(C(C)(C)C)cc1. The number of rotatable bonds is 5. The molecule has 1 aliphatic heterocycles. The van der Waals surface area contributed by atoms with Gasteiger partial charge in [0.25, 0.3) is 11.7 Å². The predicted octanol–water partition coefficient (Wildman–Crippen LogP) is 5.27. The maximum atomic E-state index is 13.1. The highest BCUT2D eigenvalue weighted by atomic mass is 35.5. The van der Waals surface area contributed by atoms with Crippen LogP contribution >= 0.6 is 23.2 Å². The summed E-state index contributed by atoms with van der Waals surface area (Å²) in [7, 11) is 3.80. The first-order valence-corrected chi connectivity index (χ1v) is 11.2. The Hall–Kier alpha value is -2.34. The zero-order chi connectivity index (χ0) is 23.8. The summed E-state index contributed by atoms with van der Waals surface area (Å²) in [5.41, 5.74) is 2.25. The van der Waals surface area contributed by atoms with Gasteiger partial charge in [0.05, 0.1) is 21.7 Å². The Labute approximate surface area is 199 Å². The zero-order valence-electron chi connectivity index (χ0n) is 18.9. The van der Waals surface area contributed by atoms with Crippen molar-refractivity contribution in [2.24, 2.45) is 0 Å². The molecule has 1 N–H and O–H groups in total. The highest BCUT2D eigenvalue weighted by molar-refractivity contribution is 6.46. The van der Waals surface area contributed by atoms with E-state index in [4.69, 9.17) is 23.2 Å². The van der Waals surface area contributed by atoms with Gasteiger partial charge in [-0.15, -0.1) is 0 Å². The molecule has 32 heavy (non-hydrogen) atoms. The summed E-state index contributed by atoms with van der Waals surface area (Å²) in [5, 5.41) is 11.7. The van der Waals surface area contributed by atoms with Gasteiger partial charge in [0.15, 0.2) is 0 Å². The van der Waals surface area contributed by atoms with Gasteiger partial charge in [-0.2, -0.15) is 0 Å². The minimum atomic E-state index is -0.711. The molecule has 170 valence electrons. The molecule has 1 amide bonds. The first kappa shape index (κ1) is 24.3. The third-order valence-corrected chi connectivity index (χ3v) is 6.35. The average molecular weight is 475 g/mol. The second kappa shape index (κ2) is 9.26. The van der Waals surface area contributed by atoms with E-state index in [2.05, 4.69) is 20.8 Å². The first-order chi connectivity index (χ1) is 14.9. The molecule has 1 heterocycles. The molecule has 1 saturated heterocycles. The molecule has 0 radical (unpaired) electrons. The van der Waals surface area contributed by atoms with E-state index in [1.807, 2.05) is 43.3 Å². The quantitative estimate of drug-likeness (QED) is 0.364. The fraction of sp³-hybridized carbons (Fsp3) is 0.360. The van der Waals surface area contributed by atoms with E-state index in [0.717, 1.165) is 11.1 Å². The van der Waals surface area contributed by atoms with Crippen molar-refractivity contribution in [3.63, 3.8) is 0 Å². The molecule has 7 heteroatoms. The van der Waals surface area contributed by atoms with Crippen LogP contribution in [0.15, 0.2) is 48.0 Å². The summed E-state index contributed by atoms with van der Waals surface area (Å²) in [5.74, 6) is -1.60. The summed E-state index contributed by atoms with van der Waals surface area (Å²) in [6, 6.07) is 11.8. The van der Waals surface area contributed by atoms with Crippen molar-refractivity contribution in [1.29, 1.82) is 0 Å². The lowest BCUT2D eigenvalue weighted by atomic mass is 9.85. The predicted molar refractivity (Wildman–Crippen MR) is 129 cm³/mol. The lowest BCUT2D eigenvalue weighted by Crippen LogP contribution is -2.35. The highest BCUT2D eigenvalue weighted by Gasteiger charge is 2.46. The lowest BCUT2D eigenvalue weighted by Gasteiger charge is -2.27. The molecule has 0 saturated carbocycles. The van der Waals surface area contributed by atoms with E-state index in [1.54, 1.807) is 12.1 Å². The summed E-state index contributed by atoms with van der Waals surface area (Å²) in [6.07, 6.45) is 0. The standard InChI is InChI=1S/C25H28Cl2N2O3/c1-25(2,3)17-9-6-15(7-10-17)21-20(22(30)16-8-11-18(26)19(27)14-16)23(31)24(32)29(21)13-12-28(4)5/h6-11,14,21,30H,12-13H2,1-5H3/b22-20-. The molecule has 0 spiro atoms. The van der Waals surface area contributed by atoms with Gasteiger partial charge in [-0.25, -0.2) is 0 Å². The number of ketones is 1. The number of nitrogens with zero attached hydrogens (tertiary/aromatic N) is 2. The monoisotopic (exact) mass is 474 g/mol. The van der Waals surface area contributed by atoms with E-state index in [0.29, 0.717) is 23.7 Å². The van der Waals surface area contributed by atoms with E-state index in [1.165, 1.54) is 11.0 Å². The Morgan fingerprint density at radius 1 is 1.03 bits per heavy atom. The number of likely N-dealkylation sites (tertiary alicyclic amines) is 1. The molecule has 1 unspecified atom stereocenters. The molecule has 0 aromatic heterocycles. The number of Topliss-reactive ketones (excluding diaryl/α,β-unsaturated/α-hetero) is 1. The number of halogens is 2. The van der Waals surface area contributed by atoms with Gasteiger partial charge >= 0.3 is 0 Å². The Balaban J connectivity index is 2.15. The van der Waals surface area contributed by atoms with Gasteiger partial charge in [0.1, 0.15) is 5.76 Å². The Morgan fingerprint density at radius 2 is 1.66 bits per heavy atom. The van der Waals surface area contributed by atoms with Crippen molar-refractivity contribution in [1.82, 2.24) is 9.80 Å². The number of aliphatic hydroxyl groups excluding tert-OH is 1. The number of carbonyl (C=O) groups excluding carboxylic acids is 2. The second-order valence-electron chi connectivity index (χ2n) is 9.30. The van der Waals surface area contributed by atoms with Crippen molar-refractivity contribution in [3.05, 3.63) is 74.8 Å². The van der Waals surface area contributed by atoms with Crippen LogP contribution in [0.5, 0.6) is 0 Å². The van der Waals surface area contributed by atoms with E-state index in [9.17, 15) is 14.7 Å². The number of aliphatic hydroxyl groups is 1. The number of amides is 1. The van der Waals surface area contributed by atoms with Gasteiger partial charge in [-0.05, 0) is 48.8 Å². The maximum Gasteiger partial charge on any atom is 0.295 e. The molecule has 0 aliphatic carbocycles.